The van der Waals surface area contributed by atoms with Gasteiger partial charge in [0.15, 0.2) is 0 Å². The lowest BCUT2D eigenvalue weighted by Crippen LogP contribution is -2.24. The number of benzene rings is 1. The second kappa shape index (κ2) is 4.37. The maximum atomic E-state index is 13.7. The van der Waals surface area contributed by atoms with Crippen molar-refractivity contribution in [2.75, 3.05) is 18.0 Å². The first-order chi connectivity index (χ1) is 7.59. The highest BCUT2D eigenvalue weighted by Gasteiger charge is 2.23. The summed E-state index contributed by atoms with van der Waals surface area (Å²) in [5.41, 5.74) is 6.79. The van der Waals surface area contributed by atoms with Crippen molar-refractivity contribution in [3.05, 3.63) is 29.6 Å². The van der Waals surface area contributed by atoms with Gasteiger partial charge >= 0.3 is 0 Å². The first-order valence-electron chi connectivity index (χ1n) is 5.43. The van der Waals surface area contributed by atoms with Gasteiger partial charge in [-0.15, -0.1) is 0 Å². The topological polar surface area (TPSA) is 29.3 Å². The van der Waals surface area contributed by atoms with Gasteiger partial charge in [-0.1, -0.05) is 25.2 Å². The van der Waals surface area contributed by atoms with Crippen molar-refractivity contribution in [2.24, 2.45) is 11.7 Å². The largest absolute Gasteiger partial charge is 0.389 e. The van der Waals surface area contributed by atoms with Gasteiger partial charge in [0.25, 0.3) is 0 Å². The Labute approximate surface area is 100 Å². The SMILES string of the molecule is CC1CCN(c2cccc(F)c2C(N)=S)C1. The summed E-state index contributed by atoms with van der Waals surface area (Å²) in [6.07, 6.45) is 1.13. The molecule has 1 saturated heterocycles. The van der Waals surface area contributed by atoms with Crippen molar-refractivity contribution >= 4 is 22.9 Å². The Morgan fingerprint density at radius 2 is 2.31 bits per heavy atom. The molecule has 86 valence electrons. The molecule has 0 saturated carbocycles. The Morgan fingerprint density at radius 1 is 1.56 bits per heavy atom. The molecule has 0 amide bonds. The molecule has 1 unspecified atom stereocenters. The fraction of sp³-hybridized carbons (Fsp3) is 0.417. The maximum absolute atomic E-state index is 13.7. The predicted molar refractivity (Wildman–Crippen MR) is 68.3 cm³/mol. The van der Waals surface area contributed by atoms with Gasteiger partial charge in [-0.2, -0.15) is 0 Å². The fourth-order valence-corrected chi connectivity index (χ4v) is 2.38. The number of nitrogens with zero attached hydrogens (tertiary/aromatic N) is 1. The first kappa shape index (κ1) is 11.3. The third-order valence-electron chi connectivity index (χ3n) is 3.00. The molecular formula is C12H15FN2S. The zero-order valence-corrected chi connectivity index (χ0v) is 10.1. The van der Waals surface area contributed by atoms with Crippen molar-refractivity contribution < 1.29 is 4.39 Å². The van der Waals surface area contributed by atoms with Gasteiger partial charge in [0, 0.05) is 18.8 Å². The third kappa shape index (κ3) is 2.02. The highest BCUT2D eigenvalue weighted by molar-refractivity contribution is 7.80. The van der Waals surface area contributed by atoms with Crippen LogP contribution in [-0.2, 0) is 0 Å². The van der Waals surface area contributed by atoms with Crippen LogP contribution in [0.25, 0.3) is 0 Å². The number of hydrogen-bond acceptors (Lipinski definition) is 2. The van der Waals surface area contributed by atoms with Crippen LogP contribution in [0, 0.1) is 11.7 Å². The normalized spacial score (nSPS) is 20.1. The van der Waals surface area contributed by atoms with E-state index < -0.39 is 0 Å². The van der Waals surface area contributed by atoms with Crippen LogP contribution in [0.2, 0.25) is 0 Å². The van der Waals surface area contributed by atoms with E-state index in [0.29, 0.717) is 11.5 Å². The molecule has 1 aliphatic rings. The molecule has 0 radical (unpaired) electrons. The molecule has 0 bridgehead atoms. The molecule has 2 N–H and O–H groups in total. The average molecular weight is 238 g/mol. The van der Waals surface area contributed by atoms with Gasteiger partial charge in [-0.3, -0.25) is 0 Å². The van der Waals surface area contributed by atoms with Gasteiger partial charge in [-0.25, -0.2) is 4.39 Å². The maximum Gasteiger partial charge on any atom is 0.135 e. The summed E-state index contributed by atoms with van der Waals surface area (Å²) in [6.45, 7) is 4.08. The zero-order valence-electron chi connectivity index (χ0n) is 9.24. The number of nitrogens with two attached hydrogens (primary N) is 1. The Balaban J connectivity index is 2.40. The van der Waals surface area contributed by atoms with Gasteiger partial charge < -0.3 is 10.6 Å². The molecule has 1 heterocycles. The van der Waals surface area contributed by atoms with E-state index in [2.05, 4.69) is 11.8 Å². The zero-order chi connectivity index (χ0) is 11.7. The minimum Gasteiger partial charge on any atom is -0.389 e. The quantitative estimate of drug-likeness (QED) is 0.802. The minimum atomic E-state index is -0.329. The van der Waals surface area contributed by atoms with Crippen molar-refractivity contribution in [1.82, 2.24) is 0 Å². The Hall–Kier alpha value is -1.16. The summed E-state index contributed by atoms with van der Waals surface area (Å²) >= 11 is 4.91. The Bertz CT molecular complexity index is 419. The summed E-state index contributed by atoms with van der Waals surface area (Å²) < 4.78 is 13.7. The van der Waals surface area contributed by atoms with Gasteiger partial charge in [0.2, 0.25) is 0 Å². The molecule has 2 rings (SSSR count). The molecule has 1 aliphatic heterocycles. The van der Waals surface area contributed by atoms with Crippen molar-refractivity contribution in [2.45, 2.75) is 13.3 Å². The summed E-state index contributed by atoms with van der Waals surface area (Å²) in [4.78, 5) is 2.29. The van der Waals surface area contributed by atoms with Crippen LogP contribution < -0.4 is 10.6 Å². The summed E-state index contributed by atoms with van der Waals surface area (Å²) in [5, 5.41) is 0. The van der Waals surface area contributed by atoms with Gasteiger partial charge in [-0.05, 0) is 24.5 Å². The number of hydrogen-bond donors (Lipinski definition) is 1. The van der Waals surface area contributed by atoms with Crippen LogP contribution >= 0.6 is 12.2 Å². The van der Waals surface area contributed by atoms with Crippen LogP contribution in [0.3, 0.4) is 0 Å². The monoisotopic (exact) mass is 238 g/mol. The number of rotatable bonds is 2. The van der Waals surface area contributed by atoms with E-state index in [9.17, 15) is 4.39 Å². The van der Waals surface area contributed by atoms with Gasteiger partial charge in [0.1, 0.15) is 10.8 Å². The molecule has 4 heteroatoms. The van der Waals surface area contributed by atoms with E-state index in [1.54, 1.807) is 6.07 Å². The van der Waals surface area contributed by atoms with Gasteiger partial charge in [0.05, 0.1) is 5.56 Å². The molecule has 1 aromatic carbocycles. The van der Waals surface area contributed by atoms with Crippen LogP contribution in [-0.4, -0.2) is 18.1 Å². The molecule has 1 atom stereocenters. The molecule has 0 aromatic heterocycles. The highest BCUT2D eigenvalue weighted by atomic mass is 32.1. The Morgan fingerprint density at radius 3 is 2.88 bits per heavy atom. The van der Waals surface area contributed by atoms with Crippen LogP contribution in [0.15, 0.2) is 18.2 Å². The second-order valence-corrected chi connectivity index (χ2v) is 4.78. The molecular weight excluding hydrogens is 223 g/mol. The first-order valence-corrected chi connectivity index (χ1v) is 5.83. The van der Waals surface area contributed by atoms with E-state index in [1.807, 2.05) is 6.07 Å². The number of halogens is 1. The van der Waals surface area contributed by atoms with E-state index in [4.69, 9.17) is 18.0 Å². The van der Waals surface area contributed by atoms with Crippen molar-refractivity contribution in [3.8, 4) is 0 Å². The van der Waals surface area contributed by atoms with Crippen molar-refractivity contribution in [1.29, 1.82) is 0 Å². The van der Waals surface area contributed by atoms with Crippen LogP contribution in [0.4, 0.5) is 10.1 Å². The third-order valence-corrected chi connectivity index (χ3v) is 3.21. The smallest absolute Gasteiger partial charge is 0.135 e. The highest BCUT2D eigenvalue weighted by Crippen LogP contribution is 2.28. The summed E-state index contributed by atoms with van der Waals surface area (Å²) in [5.74, 6) is 0.312. The lowest BCUT2D eigenvalue weighted by Gasteiger charge is -2.21. The summed E-state index contributed by atoms with van der Waals surface area (Å²) in [6, 6.07) is 4.99. The van der Waals surface area contributed by atoms with Crippen LogP contribution in [0.1, 0.15) is 18.9 Å². The summed E-state index contributed by atoms with van der Waals surface area (Å²) in [7, 11) is 0. The molecule has 16 heavy (non-hydrogen) atoms. The average Bonchev–Trinajstić information content (AvgIpc) is 2.63. The Kier molecular flexibility index (Phi) is 3.10. The molecule has 0 aliphatic carbocycles. The predicted octanol–water partition coefficient (Wildman–Crippen LogP) is 2.31. The van der Waals surface area contributed by atoms with E-state index in [0.717, 1.165) is 25.2 Å². The van der Waals surface area contributed by atoms with E-state index in [-0.39, 0.29) is 10.8 Å². The number of thiocarbonyl (C=S) groups is 1. The van der Waals surface area contributed by atoms with Crippen molar-refractivity contribution in [3.63, 3.8) is 0 Å². The lowest BCUT2D eigenvalue weighted by atomic mass is 10.1. The fourth-order valence-electron chi connectivity index (χ4n) is 2.17. The molecule has 0 spiro atoms. The molecule has 1 fully saturated rings. The standard InChI is InChI=1S/C12H15FN2S/c1-8-5-6-15(7-8)10-4-2-3-9(13)11(10)12(14)16/h2-4,8H,5-7H2,1H3,(H2,14,16). The molecule has 1 aromatic rings. The second-order valence-electron chi connectivity index (χ2n) is 4.34. The minimum absolute atomic E-state index is 0.132. The lowest BCUT2D eigenvalue weighted by molar-refractivity contribution is 0.624. The van der Waals surface area contributed by atoms with Crippen LogP contribution in [0.5, 0.6) is 0 Å². The van der Waals surface area contributed by atoms with E-state index >= 15 is 0 Å². The molecule has 2 nitrogen and oxygen atoms in total. The van der Waals surface area contributed by atoms with E-state index in [1.165, 1.54) is 6.07 Å². The number of anilines is 1.